The van der Waals surface area contributed by atoms with Crippen LogP contribution in [0.5, 0.6) is 5.75 Å². The Morgan fingerprint density at radius 2 is 1.76 bits per heavy atom. The number of benzene rings is 2. The van der Waals surface area contributed by atoms with Gasteiger partial charge in [0.1, 0.15) is 0 Å². The Bertz CT molecular complexity index is 1240. The zero-order valence-corrected chi connectivity index (χ0v) is 16.3. The normalized spacial score (nSPS) is 17.1. The molecule has 29 heavy (non-hydrogen) atoms. The molecule has 1 aliphatic heterocycles. The largest absolute Gasteiger partial charge is 0.505 e. The number of carboxylic acids is 1. The number of carbonyl (C=O) groups is 1. The van der Waals surface area contributed by atoms with E-state index in [1.165, 1.54) is 24.3 Å². The van der Waals surface area contributed by atoms with E-state index in [9.17, 15) is 14.7 Å². The highest BCUT2D eigenvalue weighted by Gasteiger charge is 2.38. The maximum Gasteiger partial charge on any atom is 0.335 e. The van der Waals surface area contributed by atoms with Crippen LogP contribution in [0.1, 0.15) is 35.3 Å². The monoisotopic (exact) mass is 388 g/mol. The van der Waals surface area contributed by atoms with Gasteiger partial charge in [-0.2, -0.15) is 0 Å². The Morgan fingerprint density at radius 3 is 2.34 bits per heavy atom. The predicted molar refractivity (Wildman–Crippen MR) is 111 cm³/mol. The molecular weight excluding hydrogens is 368 g/mol. The summed E-state index contributed by atoms with van der Waals surface area (Å²) in [7, 11) is 1.94. The van der Waals surface area contributed by atoms with Gasteiger partial charge in [0.15, 0.2) is 11.1 Å². The molecule has 6 heteroatoms. The number of hydrogen-bond acceptors (Lipinski definition) is 5. The van der Waals surface area contributed by atoms with Crippen LogP contribution >= 0.6 is 0 Å². The molecule has 0 atom stereocenters. The molecule has 3 aromatic rings. The Kier molecular flexibility index (Phi) is 4.15. The lowest BCUT2D eigenvalue weighted by Crippen LogP contribution is -2.35. The molecular formula is C23H20N2O4. The van der Waals surface area contributed by atoms with Crippen molar-refractivity contribution in [2.45, 2.75) is 19.3 Å². The number of rotatable bonds is 3. The number of para-hydroxylation sites is 1. The summed E-state index contributed by atoms with van der Waals surface area (Å²) in [5, 5.41) is 19.4. The average Bonchev–Trinajstić information content (AvgIpc) is 2.90. The zero-order chi connectivity index (χ0) is 20.9. The highest BCUT2D eigenvalue weighted by Crippen LogP contribution is 2.47. The van der Waals surface area contributed by atoms with Crippen LogP contribution in [0.4, 0.5) is 11.4 Å². The van der Waals surface area contributed by atoms with E-state index < -0.39 is 5.97 Å². The van der Waals surface area contributed by atoms with E-state index >= 15 is 0 Å². The Hall–Kier alpha value is -3.67. The van der Waals surface area contributed by atoms with E-state index in [1.807, 2.05) is 30.1 Å². The van der Waals surface area contributed by atoms with E-state index in [0.717, 1.165) is 16.9 Å². The first-order valence-corrected chi connectivity index (χ1v) is 9.17. The van der Waals surface area contributed by atoms with Gasteiger partial charge in [-0.1, -0.05) is 32.0 Å². The van der Waals surface area contributed by atoms with Crippen molar-refractivity contribution in [3.05, 3.63) is 86.5 Å². The number of aromatic hydroxyl groups is 1. The van der Waals surface area contributed by atoms with Gasteiger partial charge < -0.3 is 15.1 Å². The SMILES string of the molecule is CN1C(=Cc2c(O)c(=Nc3ccc(C(=O)O)cc3)c2=O)C(C)(C)c2ccccc21. The lowest BCUT2D eigenvalue weighted by Gasteiger charge is -2.24. The summed E-state index contributed by atoms with van der Waals surface area (Å²) in [5.41, 5.74) is 3.27. The minimum absolute atomic E-state index is 0.0177. The fourth-order valence-electron chi connectivity index (χ4n) is 3.85. The number of hydrogen-bond donors (Lipinski definition) is 2. The minimum atomic E-state index is -1.04. The van der Waals surface area contributed by atoms with Crippen LogP contribution in [0.3, 0.4) is 0 Å². The number of fused-ring (bicyclic) bond motifs is 1. The van der Waals surface area contributed by atoms with Crippen molar-refractivity contribution in [1.82, 2.24) is 0 Å². The Morgan fingerprint density at radius 1 is 1.10 bits per heavy atom. The smallest absolute Gasteiger partial charge is 0.335 e. The van der Waals surface area contributed by atoms with Gasteiger partial charge in [-0.05, 0) is 42.0 Å². The number of carboxylic acid groups (broad SMARTS) is 1. The van der Waals surface area contributed by atoms with Gasteiger partial charge in [-0.3, -0.25) is 4.79 Å². The van der Waals surface area contributed by atoms with Crippen molar-refractivity contribution in [2.75, 3.05) is 11.9 Å². The van der Waals surface area contributed by atoms with Crippen LogP contribution in [0.25, 0.3) is 6.08 Å². The van der Waals surface area contributed by atoms with E-state index in [-0.39, 0.29) is 33.1 Å². The number of aromatic carboxylic acids is 1. The molecule has 0 aliphatic carbocycles. The molecule has 4 rings (SSSR count). The third-order valence-electron chi connectivity index (χ3n) is 5.52. The predicted octanol–water partition coefficient (Wildman–Crippen LogP) is 3.33. The molecule has 3 aromatic carbocycles. The molecule has 1 aliphatic rings. The molecule has 0 amide bonds. The van der Waals surface area contributed by atoms with Crippen LogP contribution in [0, 0.1) is 0 Å². The molecule has 0 saturated heterocycles. The van der Waals surface area contributed by atoms with Gasteiger partial charge in [0.05, 0.1) is 16.8 Å². The number of nitrogens with zero attached hydrogens (tertiary/aromatic N) is 2. The summed E-state index contributed by atoms with van der Waals surface area (Å²) < 4.78 is 0. The van der Waals surface area contributed by atoms with Gasteiger partial charge >= 0.3 is 5.97 Å². The molecule has 0 saturated carbocycles. The summed E-state index contributed by atoms with van der Waals surface area (Å²) in [6.07, 6.45) is 1.73. The van der Waals surface area contributed by atoms with Gasteiger partial charge in [-0.25, -0.2) is 9.79 Å². The Balaban J connectivity index is 1.73. The second-order valence-electron chi connectivity index (χ2n) is 7.63. The average molecular weight is 388 g/mol. The fraction of sp³-hybridized carbons (Fsp3) is 0.174. The molecule has 0 spiro atoms. The molecule has 0 radical (unpaired) electrons. The quantitative estimate of drug-likeness (QED) is 0.718. The maximum absolute atomic E-state index is 12.6. The number of likely N-dealkylation sites (N-methyl/N-ethyl adjacent to an activating group) is 1. The number of allylic oxidation sites excluding steroid dienone is 1. The van der Waals surface area contributed by atoms with Crippen LogP contribution in [-0.4, -0.2) is 23.2 Å². The summed E-state index contributed by atoms with van der Waals surface area (Å²) >= 11 is 0. The minimum Gasteiger partial charge on any atom is -0.505 e. The van der Waals surface area contributed by atoms with E-state index in [1.54, 1.807) is 6.08 Å². The first-order valence-electron chi connectivity index (χ1n) is 9.17. The topological polar surface area (TPSA) is 90.2 Å². The van der Waals surface area contributed by atoms with Gasteiger partial charge in [-0.15, -0.1) is 0 Å². The third kappa shape index (κ3) is 2.84. The van der Waals surface area contributed by atoms with Crippen molar-refractivity contribution < 1.29 is 15.0 Å². The van der Waals surface area contributed by atoms with Crippen LogP contribution in [-0.2, 0) is 5.41 Å². The molecule has 146 valence electrons. The van der Waals surface area contributed by atoms with Crippen molar-refractivity contribution in [3.63, 3.8) is 0 Å². The first kappa shape index (κ1) is 18.7. The molecule has 0 aromatic heterocycles. The van der Waals surface area contributed by atoms with Gasteiger partial charge in [0.2, 0.25) is 5.43 Å². The molecule has 1 heterocycles. The maximum atomic E-state index is 12.6. The summed E-state index contributed by atoms with van der Waals surface area (Å²) in [4.78, 5) is 29.8. The highest BCUT2D eigenvalue weighted by atomic mass is 16.4. The first-order chi connectivity index (χ1) is 13.7. The van der Waals surface area contributed by atoms with E-state index in [2.05, 4.69) is 24.9 Å². The van der Waals surface area contributed by atoms with E-state index in [0.29, 0.717) is 5.69 Å². The van der Waals surface area contributed by atoms with Crippen LogP contribution in [0.15, 0.2) is 64.0 Å². The standard InChI is InChI=1S/C23H20N2O4/c1-23(2)16-6-4-5-7-17(16)25(3)18(23)12-15-20(26)19(21(15)27)24-14-10-8-13(9-11-14)22(28)29/h4-12,26H,1-3H3,(H,28,29). The van der Waals surface area contributed by atoms with Crippen molar-refractivity contribution in [3.8, 4) is 5.75 Å². The fourth-order valence-corrected chi connectivity index (χ4v) is 3.85. The summed E-state index contributed by atoms with van der Waals surface area (Å²) in [5.74, 6) is -1.19. The van der Waals surface area contributed by atoms with Crippen LogP contribution < -0.4 is 15.7 Å². The zero-order valence-electron chi connectivity index (χ0n) is 16.3. The highest BCUT2D eigenvalue weighted by molar-refractivity contribution is 5.87. The molecule has 6 nitrogen and oxygen atoms in total. The summed E-state index contributed by atoms with van der Waals surface area (Å²) in [6, 6.07) is 13.9. The summed E-state index contributed by atoms with van der Waals surface area (Å²) in [6.45, 7) is 4.17. The van der Waals surface area contributed by atoms with Crippen molar-refractivity contribution >= 4 is 23.4 Å². The van der Waals surface area contributed by atoms with Crippen molar-refractivity contribution in [2.24, 2.45) is 4.99 Å². The molecule has 0 fully saturated rings. The third-order valence-corrected chi connectivity index (χ3v) is 5.52. The second-order valence-corrected chi connectivity index (χ2v) is 7.63. The van der Waals surface area contributed by atoms with Crippen molar-refractivity contribution in [1.29, 1.82) is 0 Å². The Labute approximate surface area is 167 Å². The van der Waals surface area contributed by atoms with Crippen LogP contribution in [0.2, 0.25) is 0 Å². The molecule has 2 N–H and O–H groups in total. The van der Waals surface area contributed by atoms with E-state index in [4.69, 9.17) is 5.11 Å². The molecule has 0 unspecified atom stereocenters. The van der Waals surface area contributed by atoms with Gasteiger partial charge in [0.25, 0.3) is 0 Å². The second kappa shape index (κ2) is 6.44. The number of anilines is 1. The lowest BCUT2D eigenvalue weighted by atomic mass is 9.83. The lowest BCUT2D eigenvalue weighted by molar-refractivity contribution is 0.0697. The molecule has 0 bridgehead atoms. The van der Waals surface area contributed by atoms with Gasteiger partial charge in [0, 0.05) is 23.8 Å².